The predicted octanol–water partition coefficient (Wildman–Crippen LogP) is 4.09. The molecule has 43 heavy (non-hydrogen) atoms. The van der Waals surface area contributed by atoms with Crippen LogP contribution < -0.4 is 20.9 Å². The molecule has 0 heterocycles. The van der Waals surface area contributed by atoms with E-state index in [1.807, 2.05) is 0 Å². The topological polar surface area (TPSA) is 221 Å². The fourth-order valence-electron chi connectivity index (χ4n) is 3.53. The summed E-state index contributed by atoms with van der Waals surface area (Å²) in [5.41, 5.74) is 13.0. The van der Waals surface area contributed by atoms with Crippen LogP contribution in [0.4, 0.5) is 0 Å². The van der Waals surface area contributed by atoms with Crippen molar-refractivity contribution in [1.29, 1.82) is 0 Å². The Kier molecular flexibility index (Phi) is 10.9. The summed E-state index contributed by atoms with van der Waals surface area (Å²) < 4.78 is 10.4. The Morgan fingerprint density at radius 1 is 0.628 bits per heavy atom. The lowest BCUT2D eigenvalue weighted by molar-refractivity contribution is 0.373. The maximum absolute atomic E-state index is 9.96. The second kappa shape index (κ2) is 14.9. The van der Waals surface area contributed by atoms with Crippen molar-refractivity contribution in [2.45, 2.75) is 0 Å². The molecule has 3 aromatic rings. The molecule has 0 bridgehead atoms. The van der Waals surface area contributed by atoms with Gasteiger partial charge in [-0.25, -0.2) is 0 Å². The lowest BCUT2D eigenvalue weighted by atomic mass is 9.99. The lowest BCUT2D eigenvalue weighted by Crippen LogP contribution is -2.13. The number of allylic oxidation sites excluding steroid dienone is 3. The number of rotatable bonds is 11. The SMILES string of the molecule is COc1cc(/C=C/C(=N\N=C(\N)O)C(=Cc2ccc(O)cc2)C(/C=C/c2ccc(O)c(OC)c2)=N/N=C(/N)O)ccc1O. The van der Waals surface area contributed by atoms with Crippen LogP contribution in [-0.4, -0.2) is 63.2 Å². The fourth-order valence-corrected chi connectivity index (χ4v) is 3.53. The number of amidine groups is 2. The first-order chi connectivity index (χ1) is 20.6. The molecule has 13 nitrogen and oxygen atoms in total. The van der Waals surface area contributed by atoms with Crippen molar-refractivity contribution in [2.75, 3.05) is 14.2 Å². The number of ether oxygens (including phenoxy) is 2. The molecule has 13 heteroatoms. The van der Waals surface area contributed by atoms with Gasteiger partial charge >= 0.3 is 12.0 Å². The number of phenolic OH excluding ortho intramolecular Hbond substituents is 3. The zero-order chi connectivity index (χ0) is 31.4. The number of nitrogens with zero attached hydrogens (tertiary/aromatic N) is 4. The van der Waals surface area contributed by atoms with E-state index < -0.39 is 12.0 Å². The van der Waals surface area contributed by atoms with Gasteiger partial charge < -0.3 is 46.5 Å². The first kappa shape index (κ1) is 31.3. The number of aliphatic hydroxyl groups is 2. The molecule has 0 fully saturated rings. The van der Waals surface area contributed by atoms with E-state index in [0.29, 0.717) is 16.7 Å². The molecule has 0 amide bonds. The molecule has 9 N–H and O–H groups in total. The Bertz CT molecular complexity index is 1550. The molecule has 222 valence electrons. The third-order valence-electron chi connectivity index (χ3n) is 5.55. The van der Waals surface area contributed by atoms with Crippen LogP contribution in [0.25, 0.3) is 18.2 Å². The molecule has 3 rings (SSSR count). The highest BCUT2D eigenvalue weighted by Gasteiger charge is 2.13. The van der Waals surface area contributed by atoms with Crippen LogP contribution in [0, 0.1) is 0 Å². The summed E-state index contributed by atoms with van der Waals surface area (Å²) in [6.45, 7) is 0. The largest absolute Gasteiger partial charge is 0.508 e. The molecule has 0 atom stereocenters. The van der Waals surface area contributed by atoms with E-state index in [0.717, 1.165) is 0 Å². The Balaban J connectivity index is 2.26. The standard InChI is InChI=1S/C30H30N6O7/c1-42-27-16-19(7-13-25(27)38)5-11-23(33-35-29(31)40)22(15-18-3-9-21(37)10-4-18)24(34-36-30(32)41)12-6-20-8-14-26(39)28(17-20)43-2/h3-17,37-39H,1-2H3,(H3,31,35,40)(H3,32,36,41)/b11-5+,12-6+,33-23+,34-24+. The summed E-state index contributed by atoms with van der Waals surface area (Å²) >= 11 is 0. The summed E-state index contributed by atoms with van der Waals surface area (Å²) in [6, 6.07) is 13.9. The highest BCUT2D eigenvalue weighted by Crippen LogP contribution is 2.28. The van der Waals surface area contributed by atoms with Gasteiger partial charge in [0.25, 0.3) is 0 Å². The Labute approximate surface area is 246 Å². The van der Waals surface area contributed by atoms with Gasteiger partial charge in [0.15, 0.2) is 23.0 Å². The monoisotopic (exact) mass is 586 g/mol. The third-order valence-corrected chi connectivity index (χ3v) is 5.55. The molecular weight excluding hydrogens is 556 g/mol. The number of methoxy groups -OCH3 is 2. The summed E-state index contributed by atoms with van der Waals surface area (Å²) in [5.74, 6) is 0.410. The van der Waals surface area contributed by atoms with E-state index in [-0.39, 0.29) is 45.7 Å². The fraction of sp³-hybridized carbons (Fsp3) is 0.0667. The van der Waals surface area contributed by atoms with Crippen molar-refractivity contribution in [3.05, 3.63) is 95.1 Å². The van der Waals surface area contributed by atoms with Crippen LogP contribution in [0.1, 0.15) is 16.7 Å². The normalized spacial score (nSPS) is 13.0. The van der Waals surface area contributed by atoms with Crippen molar-refractivity contribution in [3.8, 4) is 28.7 Å². The van der Waals surface area contributed by atoms with Crippen molar-refractivity contribution in [2.24, 2.45) is 31.9 Å². The van der Waals surface area contributed by atoms with Crippen LogP contribution >= 0.6 is 0 Å². The molecule has 3 aromatic carbocycles. The quantitative estimate of drug-likeness (QED) is 0.0975. The van der Waals surface area contributed by atoms with Crippen molar-refractivity contribution in [3.63, 3.8) is 0 Å². The molecule has 0 radical (unpaired) electrons. The average Bonchev–Trinajstić information content (AvgIpc) is 2.98. The number of benzene rings is 3. The zero-order valence-corrected chi connectivity index (χ0v) is 23.2. The summed E-state index contributed by atoms with van der Waals surface area (Å²) in [4.78, 5) is 0. The van der Waals surface area contributed by atoms with Crippen molar-refractivity contribution in [1.82, 2.24) is 0 Å². The maximum atomic E-state index is 9.96. The number of hydrogen-bond donors (Lipinski definition) is 7. The first-order valence-corrected chi connectivity index (χ1v) is 12.4. The van der Waals surface area contributed by atoms with Crippen molar-refractivity contribution < 1.29 is 35.0 Å². The first-order valence-electron chi connectivity index (χ1n) is 12.4. The molecule has 0 aliphatic heterocycles. The lowest BCUT2D eigenvalue weighted by Gasteiger charge is -2.09. The molecule has 0 saturated heterocycles. The summed E-state index contributed by atoms with van der Waals surface area (Å²) in [7, 11) is 2.83. The van der Waals surface area contributed by atoms with Gasteiger partial charge in [-0.3, -0.25) is 0 Å². The van der Waals surface area contributed by atoms with E-state index in [1.165, 1.54) is 50.6 Å². The molecule has 0 aliphatic rings. The second-order valence-electron chi connectivity index (χ2n) is 8.57. The number of nitrogens with two attached hydrogens (primary N) is 2. The van der Waals surface area contributed by atoms with Gasteiger partial charge in [0.1, 0.15) is 5.75 Å². The Hall–Kier alpha value is -6.24. The minimum absolute atomic E-state index is 0.0409. The highest BCUT2D eigenvalue weighted by molar-refractivity contribution is 6.35. The third kappa shape index (κ3) is 9.42. The molecule has 0 aromatic heterocycles. The van der Waals surface area contributed by atoms with Crippen LogP contribution in [-0.2, 0) is 0 Å². The van der Waals surface area contributed by atoms with Crippen LogP contribution in [0.2, 0.25) is 0 Å². The van der Waals surface area contributed by atoms with Gasteiger partial charge in [-0.15, -0.1) is 10.2 Å². The number of aliphatic hydroxyl groups excluding tert-OH is 2. The van der Waals surface area contributed by atoms with Crippen molar-refractivity contribution >= 4 is 41.7 Å². The van der Waals surface area contributed by atoms with Crippen LogP contribution in [0.3, 0.4) is 0 Å². The van der Waals surface area contributed by atoms with Crippen LogP contribution in [0.15, 0.2) is 98.8 Å². The maximum Gasteiger partial charge on any atom is 0.303 e. The molecule has 0 saturated carbocycles. The van der Waals surface area contributed by atoms with Gasteiger partial charge in [-0.05, 0) is 71.3 Å². The van der Waals surface area contributed by atoms with E-state index in [4.69, 9.17) is 20.9 Å². The summed E-state index contributed by atoms with van der Waals surface area (Å²) in [6.07, 6.45) is 7.95. The Morgan fingerprint density at radius 2 is 1.05 bits per heavy atom. The number of aromatic hydroxyl groups is 3. The zero-order valence-electron chi connectivity index (χ0n) is 23.2. The minimum Gasteiger partial charge on any atom is -0.508 e. The van der Waals surface area contributed by atoms with Gasteiger partial charge in [-0.1, -0.05) is 46.6 Å². The van der Waals surface area contributed by atoms with E-state index >= 15 is 0 Å². The van der Waals surface area contributed by atoms with Crippen LogP contribution in [0.5, 0.6) is 28.7 Å². The highest BCUT2D eigenvalue weighted by atomic mass is 16.5. The summed E-state index contributed by atoms with van der Waals surface area (Å²) in [5, 5.41) is 64.2. The smallest absolute Gasteiger partial charge is 0.303 e. The molecular formula is C30H30N6O7. The van der Waals surface area contributed by atoms with Gasteiger partial charge in [0.2, 0.25) is 0 Å². The average molecular weight is 587 g/mol. The minimum atomic E-state index is -0.816. The van der Waals surface area contributed by atoms with Gasteiger partial charge in [-0.2, -0.15) is 0 Å². The van der Waals surface area contributed by atoms with E-state index in [1.54, 1.807) is 54.6 Å². The van der Waals surface area contributed by atoms with Gasteiger partial charge in [0.05, 0.1) is 25.6 Å². The molecule has 0 spiro atoms. The molecule has 0 unspecified atom stereocenters. The van der Waals surface area contributed by atoms with Gasteiger partial charge in [0, 0.05) is 5.57 Å². The van der Waals surface area contributed by atoms with E-state index in [2.05, 4.69) is 20.4 Å². The Morgan fingerprint density at radius 3 is 1.44 bits per heavy atom. The number of phenols is 3. The van der Waals surface area contributed by atoms with E-state index in [9.17, 15) is 25.5 Å². The molecule has 0 aliphatic carbocycles. The predicted molar refractivity (Wildman–Crippen MR) is 167 cm³/mol. The second-order valence-corrected chi connectivity index (χ2v) is 8.57. The number of hydrogen-bond acceptors (Lipinski definition) is 9.